The number of unbranched alkanes of at least 4 members (excludes halogenated alkanes) is 4. The third-order valence-corrected chi connectivity index (χ3v) is 4.04. The lowest BCUT2D eigenvalue weighted by Gasteiger charge is -2.27. The van der Waals surface area contributed by atoms with E-state index in [0.29, 0.717) is 0 Å². The van der Waals surface area contributed by atoms with Crippen molar-refractivity contribution in [2.24, 2.45) is 0 Å². The van der Waals surface area contributed by atoms with Gasteiger partial charge in [0, 0.05) is 19.6 Å². The Labute approximate surface area is 123 Å². The maximum atomic E-state index is 4.59. The first-order chi connectivity index (χ1) is 9.90. The summed E-state index contributed by atoms with van der Waals surface area (Å²) in [6, 6.07) is 4.33. The van der Waals surface area contributed by atoms with Gasteiger partial charge < -0.3 is 10.2 Å². The Morgan fingerprint density at radius 3 is 2.55 bits per heavy atom. The highest BCUT2D eigenvalue weighted by Crippen LogP contribution is 2.18. The zero-order valence-corrected chi connectivity index (χ0v) is 12.9. The summed E-state index contributed by atoms with van der Waals surface area (Å²) < 4.78 is 0. The topological polar surface area (TPSA) is 28.2 Å². The smallest absolute Gasteiger partial charge is 0.128 e. The van der Waals surface area contributed by atoms with Crippen LogP contribution in [0.2, 0.25) is 0 Å². The van der Waals surface area contributed by atoms with Crippen LogP contribution < -0.4 is 10.2 Å². The van der Waals surface area contributed by atoms with Gasteiger partial charge in [0.1, 0.15) is 5.82 Å². The van der Waals surface area contributed by atoms with Crippen molar-refractivity contribution < 1.29 is 0 Å². The van der Waals surface area contributed by atoms with Crippen molar-refractivity contribution in [3.63, 3.8) is 0 Å². The summed E-state index contributed by atoms with van der Waals surface area (Å²) in [5.41, 5.74) is 1.15. The number of anilines is 2. The van der Waals surface area contributed by atoms with Gasteiger partial charge in [-0.25, -0.2) is 4.98 Å². The van der Waals surface area contributed by atoms with E-state index in [9.17, 15) is 0 Å². The van der Waals surface area contributed by atoms with Crippen molar-refractivity contribution in [1.29, 1.82) is 0 Å². The summed E-state index contributed by atoms with van der Waals surface area (Å²) in [5.74, 6) is 1.14. The molecule has 0 saturated carbocycles. The Morgan fingerprint density at radius 1 is 1.05 bits per heavy atom. The number of rotatable bonds is 8. The van der Waals surface area contributed by atoms with Gasteiger partial charge in [0.15, 0.2) is 0 Å². The summed E-state index contributed by atoms with van der Waals surface area (Å²) in [6.07, 6.45) is 12.6. The summed E-state index contributed by atoms with van der Waals surface area (Å²) >= 11 is 0. The van der Waals surface area contributed by atoms with E-state index >= 15 is 0 Å². The van der Waals surface area contributed by atoms with Gasteiger partial charge in [0.2, 0.25) is 0 Å². The zero-order valence-electron chi connectivity index (χ0n) is 12.9. The molecule has 0 unspecified atom stereocenters. The minimum absolute atomic E-state index is 1.06. The molecule has 2 heterocycles. The summed E-state index contributed by atoms with van der Waals surface area (Å²) in [6.45, 7) is 5.65. The maximum absolute atomic E-state index is 4.59. The fourth-order valence-corrected chi connectivity index (χ4v) is 2.76. The predicted molar refractivity (Wildman–Crippen MR) is 87.5 cm³/mol. The molecular formula is C17H29N3. The molecule has 0 aliphatic carbocycles. The van der Waals surface area contributed by atoms with Crippen molar-refractivity contribution in [2.75, 3.05) is 29.9 Å². The lowest BCUT2D eigenvalue weighted by molar-refractivity contribution is 0.573. The van der Waals surface area contributed by atoms with Crippen LogP contribution >= 0.6 is 0 Å². The molecule has 3 heteroatoms. The molecule has 1 fully saturated rings. The summed E-state index contributed by atoms with van der Waals surface area (Å²) in [4.78, 5) is 6.99. The normalized spacial score (nSPS) is 15.3. The number of aromatic nitrogens is 1. The van der Waals surface area contributed by atoms with Gasteiger partial charge in [-0.05, 0) is 37.8 Å². The van der Waals surface area contributed by atoms with Crippen molar-refractivity contribution in [2.45, 2.75) is 58.3 Å². The molecule has 2 rings (SSSR count). The van der Waals surface area contributed by atoms with E-state index in [1.165, 1.54) is 51.4 Å². The second-order valence-electron chi connectivity index (χ2n) is 5.79. The number of hydrogen-bond donors (Lipinski definition) is 1. The van der Waals surface area contributed by atoms with Crippen LogP contribution in [0.25, 0.3) is 0 Å². The van der Waals surface area contributed by atoms with Gasteiger partial charge in [-0.1, -0.05) is 32.6 Å². The van der Waals surface area contributed by atoms with E-state index in [4.69, 9.17) is 0 Å². The lowest BCUT2D eigenvalue weighted by Crippen LogP contribution is -2.30. The van der Waals surface area contributed by atoms with Gasteiger partial charge in [-0.15, -0.1) is 0 Å². The van der Waals surface area contributed by atoms with E-state index in [-0.39, 0.29) is 0 Å². The Morgan fingerprint density at radius 2 is 1.85 bits per heavy atom. The standard InChI is InChI=1S/C17H29N3/c1-2-3-4-5-7-12-18-16-10-11-17(19-15-16)20-13-8-6-9-14-20/h10-11,15,18H,2-9,12-14H2,1H3. The first kappa shape index (κ1) is 15.1. The third kappa shape index (κ3) is 5.03. The highest BCUT2D eigenvalue weighted by atomic mass is 15.2. The Balaban J connectivity index is 1.68. The molecule has 1 aromatic rings. The fraction of sp³-hybridized carbons (Fsp3) is 0.706. The summed E-state index contributed by atoms with van der Waals surface area (Å²) in [7, 11) is 0. The molecule has 0 atom stereocenters. The minimum Gasteiger partial charge on any atom is -0.384 e. The van der Waals surface area contributed by atoms with Crippen molar-refractivity contribution in [3.05, 3.63) is 18.3 Å². The average molecular weight is 275 g/mol. The minimum atomic E-state index is 1.06. The molecule has 1 aliphatic heterocycles. The van der Waals surface area contributed by atoms with Gasteiger partial charge in [0.25, 0.3) is 0 Å². The van der Waals surface area contributed by atoms with Gasteiger partial charge in [-0.3, -0.25) is 0 Å². The second-order valence-corrected chi connectivity index (χ2v) is 5.79. The molecule has 3 nitrogen and oxygen atoms in total. The quantitative estimate of drug-likeness (QED) is 0.710. The monoisotopic (exact) mass is 275 g/mol. The van der Waals surface area contributed by atoms with E-state index in [0.717, 1.165) is 31.1 Å². The lowest BCUT2D eigenvalue weighted by atomic mass is 10.1. The molecule has 1 N–H and O–H groups in total. The third-order valence-electron chi connectivity index (χ3n) is 4.04. The molecule has 112 valence electrons. The first-order valence-corrected chi connectivity index (χ1v) is 8.35. The molecular weight excluding hydrogens is 246 g/mol. The SMILES string of the molecule is CCCCCCCNc1ccc(N2CCCCC2)nc1. The van der Waals surface area contributed by atoms with Crippen LogP contribution in [0.5, 0.6) is 0 Å². The zero-order chi connectivity index (χ0) is 14.0. The van der Waals surface area contributed by atoms with Gasteiger partial charge >= 0.3 is 0 Å². The first-order valence-electron chi connectivity index (χ1n) is 8.35. The average Bonchev–Trinajstić information content (AvgIpc) is 2.52. The molecule has 1 saturated heterocycles. The van der Waals surface area contributed by atoms with Gasteiger partial charge in [0.05, 0.1) is 11.9 Å². The summed E-state index contributed by atoms with van der Waals surface area (Å²) in [5, 5.41) is 3.47. The van der Waals surface area contributed by atoms with Crippen LogP contribution in [0.4, 0.5) is 11.5 Å². The molecule has 0 bridgehead atoms. The molecule has 0 amide bonds. The number of hydrogen-bond acceptors (Lipinski definition) is 3. The Bertz CT molecular complexity index is 355. The van der Waals surface area contributed by atoms with E-state index < -0.39 is 0 Å². The molecule has 0 aromatic carbocycles. The predicted octanol–water partition coefficient (Wildman–Crippen LogP) is 4.45. The molecule has 1 aliphatic rings. The molecule has 0 radical (unpaired) electrons. The fourth-order valence-electron chi connectivity index (χ4n) is 2.76. The van der Waals surface area contributed by atoms with Crippen LogP contribution in [0.15, 0.2) is 18.3 Å². The number of nitrogens with zero attached hydrogens (tertiary/aromatic N) is 2. The maximum Gasteiger partial charge on any atom is 0.128 e. The van der Waals surface area contributed by atoms with E-state index in [1.807, 2.05) is 6.20 Å². The molecule has 0 spiro atoms. The molecule has 1 aromatic heterocycles. The van der Waals surface area contributed by atoms with Crippen LogP contribution in [-0.2, 0) is 0 Å². The number of pyridine rings is 1. The van der Waals surface area contributed by atoms with E-state index in [2.05, 4.69) is 34.3 Å². The van der Waals surface area contributed by atoms with Crippen LogP contribution in [0, 0.1) is 0 Å². The number of piperidine rings is 1. The van der Waals surface area contributed by atoms with Gasteiger partial charge in [-0.2, -0.15) is 0 Å². The Hall–Kier alpha value is -1.25. The largest absolute Gasteiger partial charge is 0.384 e. The van der Waals surface area contributed by atoms with Crippen LogP contribution in [-0.4, -0.2) is 24.6 Å². The van der Waals surface area contributed by atoms with Crippen molar-refractivity contribution in [3.8, 4) is 0 Å². The Kier molecular flexibility index (Phi) is 6.69. The van der Waals surface area contributed by atoms with Crippen LogP contribution in [0.3, 0.4) is 0 Å². The van der Waals surface area contributed by atoms with Crippen molar-refractivity contribution in [1.82, 2.24) is 4.98 Å². The van der Waals surface area contributed by atoms with Crippen LogP contribution in [0.1, 0.15) is 58.3 Å². The van der Waals surface area contributed by atoms with Crippen molar-refractivity contribution >= 4 is 11.5 Å². The van der Waals surface area contributed by atoms with E-state index in [1.54, 1.807) is 0 Å². The highest BCUT2D eigenvalue weighted by Gasteiger charge is 2.11. The second kappa shape index (κ2) is 8.83. The number of nitrogens with one attached hydrogen (secondary N) is 1. The molecule has 20 heavy (non-hydrogen) atoms. The highest BCUT2D eigenvalue weighted by molar-refractivity contribution is 5.48.